The molecule has 4 rings (SSSR count). The number of carbonyl (C=O) groups is 1. The molecule has 1 saturated heterocycles. The summed E-state index contributed by atoms with van der Waals surface area (Å²) in [6, 6.07) is 13.8. The van der Waals surface area contributed by atoms with Crippen molar-refractivity contribution < 1.29 is 9.18 Å². The van der Waals surface area contributed by atoms with Crippen molar-refractivity contribution in [3.63, 3.8) is 0 Å². The number of amides is 1. The number of carbonyl (C=O) groups excluding carboxylic acids is 1. The molecule has 27 heavy (non-hydrogen) atoms. The summed E-state index contributed by atoms with van der Waals surface area (Å²) in [6.07, 6.45) is 2.30. The molecule has 4 nitrogen and oxygen atoms in total. The highest BCUT2D eigenvalue weighted by molar-refractivity contribution is 7.18. The predicted octanol–water partition coefficient (Wildman–Crippen LogP) is 5.11. The first-order chi connectivity index (χ1) is 13.1. The Morgan fingerprint density at radius 2 is 1.74 bits per heavy atom. The minimum atomic E-state index is -0.331. The fourth-order valence-electron chi connectivity index (χ4n) is 3.13. The average molecular weight is 381 g/mol. The van der Waals surface area contributed by atoms with Gasteiger partial charge in [0, 0.05) is 24.3 Å². The summed E-state index contributed by atoms with van der Waals surface area (Å²) in [5.41, 5.74) is 3.34. The molecule has 0 atom stereocenters. The largest absolute Gasteiger partial charge is 0.348 e. The van der Waals surface area contributed by atoms with Gasteiger partial charge in [-0.05, 0) is 44.0 Å². The maximum absolute atomic E-state index is 13.1. The zero-order chi connectivity index (χ0) is 18.8. The van der Waals surface area contributed by atoms with Crippen molar-refractivity contribution in [3.05, 3.63) is 64.8 Å². The van der Waals surface area contributed by atoms with Gasteiger partial charge in [0.15, 0.2) is 5.13 Å². The monoisotopic (exact) mass is 381 g/mol. The molecular weight excluding hydrogens is 361 g/mol. The van der Waals surface area contributed by atoms with Crippen LogP contribution in [0.15, 0.2) is 48.5 Å². The van der Waals surface area contributed by atoms with E-state index in [9.17, 15) is 9.18 Å². The topological polar surface area (TPSA) is 45.2 Å². The van der Waals surface area contributed by atoms with E-state index in [1.807, 2.05) is 31.2 Å². The van der Waals surface area contributed by atoms with E-state index in [0.717, 1.165) is 42.2 Å². The average Bonchev–Trinajstić information content (AvgIpc) is 3.33. The molecule has 0 bridgehead atoms. The second-order valence-corrected chi connectivity index (χ2v) is 7.67. The summed E-state index contributed by atoms with van der Waals surface area (Å²) in [6.45, 7) is 3.97. The quantitative estimate of drug-likeness (QED) is 0.683. The maximum atomic E-state index is 13.1. The molecule has 0 saturated carbocycles. The van der Waals surface area contributed by atoms with Crippen molar-refractivity contribution in [1.29, 1.82) is 0 Å². The number of anilines is 2. The fourth-order valence-corrected chi connectivity index (χ4v) is 4.17. The number of aromatic nitrogens is 1. The molecule has 0 spiro atoms. The van der Waals surface area contributed by atoms with Crippen molar-refractivity contribution in [2.24, 2.45) is 0 Å². The second-order valence-electron chi connectivity index (χ2n) is 6.70. The van der Waals surface area contributed by atoms with E-state index >= 15 is 0 Å². The van der Waals surface area contributed by atoms with Crippen LogP contribution in [0, 0.1) is 12.7 Å². The third kappa shape index (κ3) is 3.85. The van der Waals surface area contributed by atoms with Gasteiger partial charge in [-0.15, -0.1) is 0 Å². The van der Waals surface area contributed by atoms with E-state index in [1.54, 1.807) is 12.1 Å². The zero-order valence-corrected chi connectivity index (χ0v) is 15.9. The van der Waals surface area contributed by atoms with Gasteiger partial charge in [-0.3, -0.25) is 4.79 Å². The summed E-state index contributed by atoms with van der Waals surface area (Å²) in [5, 5.41) is 3.74. The van der Waals surface area contributed by atoms with Gasteiger partial charge in [0.05, 0.1) is 5.69 Å². The third-order valence-electron chi connectivity index (χ3n) is 4.63. The summed E-state index contributed by atoms with van der Waals surface area (Å²) in [7, 11) is 0. The standard InChI is InChI=1S/C21H20FN3OS/c1-14-4-6-15(7-5-14)18-19(27-21(24-18)25-12-2-3-13-25)20(26)23-17-10-8-16(22)9-11-17/h4-11H,2-3,12-13H2,1H3,(H,23,26). The molecule has 138 valence electrons. The third-order valence-corrected chi connectivity index (χ3v) is 5.74. The van der Waals surface area contributed by atoms with Crippen LogP contribution in [0.2, 0.25) is 0 Å². The van der Waals surface area contributed by atoms with Crippen LogP contribution < -0.4 is 10.2 Å². The lowest BCUT2D eigenvalue weighted by molar-refractivity contribution is 0.103. The fraction of sp³-hybridized carbons (Fsp3) is 0.238. The molecule has 3 aromatic rings. The molecule has 0 unspecified atom stereocenters. The van der Waals surface area contributed by atoms with Gasteiger partial charge in [-0.1, -0.05) is 41.2 Å². The van der Waals surface area contributed by atoms with Crippen molar-refractivity contribution in [2.45, 2.75) is 19.8 Å². The summed E-state index contributed by atoms with van der Waals surface area (Å²) in [5.74, 6) is -0.553. The lowest BCUT2D eigenvalue weighted by Crippen LogP contribution is -2.17. The number of thiazole rings is 1. The molecule has 1 aliphatic rings. The highest BCUT2D eigenvalue weighted by Gasteiger charge is 2.24. The molecule has 1 amide bonds. The molecule has 1 N–H and O–H groups in total. The molecule has 6 heteroatoms. The maximum Gasteiger partial charge on any atom is 0.268 e. The van der Waals surface area contributed by atoms with Gasteiger partial charge in [-0.2, -0.15) is 0 Å². The van der Waals surface area contributed by atoms with E-state index in [1.165, 1.54) is 23.5 Å². The number of nitrogens with zero attached hydrogens (tertiary/aromatic N) is 2. The molecule has 0 radical (unpaired) electrons. The lowest BCUT2D eigenvalue weighted by Gasteiger charge is -2.12. The van der Waals surface area contributed by atoms with E-state index in [2.05, 4.69) is 10.2 Å². The molecule has 1 aromatic heterocycles. The van der Waals surface area contributed by atoms with Crippen LogP contribution in [0.25, 0.3) is 11.3 Å². The minimum absolute atomic E-state index is 0.222. The Kier molecular flexibility index (Phi) is 4.90. The summed E-state index contributed by atoms with van der Waals surface area (Å²) < 4.78 is 13.1. The first kappa shape index (κ1) is 17.7. The number of benzene rings is 2. The van der Waals surface area contributed by atoms with Gasteiger partial charge in [-0.25, -0.2) is 9.37 Å². The lowest BCUT2D eigenvalue weighted by atomic mass is 10.1. The highest BCUT2D eigenvalue weighted by atomic mass is 32.1. The van der Waals surface area contributed by atoms with E-state index < -0.39 is 0 Å². The molecule has 2 heterocycles. The Labute approximate surface area is 161 Å². The van der Waals surface area contributed by atoms with Crippen LogP contribution in [0.4, 0.5) is 15.2 Å². The summed E-state index contributed by atoms with van der Waals surface area (Å²) in [4.78, 5) is 20.5. The van der Waals surface area contributed by atoms with Gasteiger partial charge < -0.3 is 10.2 Å². The molecule has 0 aliphatic carbocycles. The number of halogens is 1. The molecule has 1 aliphatic heterocycles. The second kappa shape index (κ2) is 7.48. The van der Waals surface area contributed by atoms with Crippen LogP contribution in [-0.4, -0.2) is 24.0 Å². The normalized spacial score (nSPS) is 13.8. The van der Waals surface area contributed by atoms with Crippen LogP contribution in [-0.2, 0) is 0 Å². The van der Waals surface area contributed by atoms with Crippen LogP contribution >= 0.6 is 11.3 Å². The van der Waals surface area contributed by atoms with Crippen molar-refractivity contribution in [1.82, 2.24) is 4.98 Å². The highest BCUT2D eigenvalue weighted by Crippen LogP contribution is 2.35. The first-order valence-electron chi connectivity index (χ1n) is 9.00. The van der Waals surface area contributed by atoms with Crippen molar-refractivity contribution in [2.75, 3.05) is 23.3 Å². The Bertz CT molecular complexity index is 945. The SMILES string of the molecule is Cc1ccc(-c2nc(N3CCCC3)sc2C(=O)Nc2ccc(F)cc2)cc1. The van der Waals surface area contributed by atoms with Crippen LogP contribution in [0.1, 0.15) is 28.1 Å². The smallest absolute Gasteiger partial charge is 0.268 e. The number of aryl methyl sites for hydroxylation is 1. The van der Waals surface area contributed by atoms with Crippen LogP contribution in [0.5, 0.6) is 0 Å². The van der Waals surface area contributed by atoms with Gasteiger partial charge in [0.25, 0.3) is 5.91 Å². The van der Waals surface area contributed by atoms with E-state index in [4.69, 9.17) is 4.98 Å². The number of hydrogen-bond donors (Lipinski definition) is 1. The van der Waals surface area contributed by atoms with Crippen LogP contribution in [0.3, 0.4) is 0 Å². The molecule has 2 aromatic carbocycles. The van der Waals surface area contributed by atoms with Gasteiger partial charge >= 0.3 is 0 Å². The Morgan fingerprint density at radius 1 is 1.07 bits per heavy atom. The Morgan fingerprint density at radius 3 is 2.41 bits per heavy atom. The van der Waals surface area contributed by atoms with Crippen molar-refractivity contribution in [3.8, 4) is 11.3 Å². The number of hydrogen-bond acceptors (Lipinski definition) is 4. The van der Waals surface area contributed by atoms with Gasteiger partial charge in [0.2, 0.25) is 0 Å². The minimum Gasteiger partial charge on any atom is -0.348 e. The predicted molar refractivity (Wildman–Crippen MR) is 108 cm³/mol. The Balaban J connectivity index is 1.69. The van der Waals surface area contributed by atoms with E-state index in [0.29, 0.717) is 16.3 Å². The molecule has 1 fully saturated rings. The molecular formula is C21H20FN3OS. The number of nitrogens with one attached hydrogen (secondary N) is 1. The first-order valence-corrected chi connectivity index (χ1v) is 9.81. The Hall–Kier alpha value is -2.73. The van der Waals surface area contributed by atoms with Gasteiger partial charge in [0.1, 0.15) is 10.7 Å². The summed E-state index contributed by atoms with van der Waals surface area (Å²) >= 11 is 1.42. The number of rotatable bonds is 4. The van der Waals surface area contributed by atoms with E-state index in [-0.39, 0.29) is 11.7 Å². The zero-order valence-electron chi connectivity index (χ0n) is 15.0. The van der Waals surface area contributed by atoms with Crippen molar-refractivity contribution >= 4 is 28.1 Å².